The van der Waals surface area contributed by atoms with Gasteiger partial charge in [0.05, 0.1) is 12.7 Å². The third-order valence-corrected chi connectivity index (χ3v) is 4.02. The highest BCUT2D eigenvalue weighted by molar-refractivity contribution is 7.10. The van der Waals surface area contributed by atoms with Gasteiger partial charge in [-0.1, -0.05) is 12.1 Å². The molecule has 1 N–H and O–H groups in total. The minimum atomic E-state index is 0.313. The minimum absolute atomic E-state index is 0.313. The van der Waals surface area contributed by atoms with Crippen molar-refractivity contribution in [2.24, 2.45) is 0 Å². The van der Waals surface area contributed by atoms with E-state index in [1.807, 2.05) is 18.2 Å². The number of nitrogens with one attached hydrogen (secondary N) is 1. The van der Waals surface area contributed by atoms with Crippen molar-refractivity contribution in [1.82, 2.24) is 5.32 Å². The third kappa shape index (κ3) is 3.34. The highest BCUT2D eigenvalue weighted by atomic mass is 32.1. The SMILES string of the molecule is COc1ccc(CN[C@H](C)c2cccs2)cc1C#N. The molecule has 0 unspecified atom stereocenters. The molecule has 2 rings (SSSR count). The fraction of sp³-hybridized carbons (Fsp3) is 0.267. The first kappa shape index (κ1) is 13.6. The number of rotatable bonds is 5. The quantitative estimate of drug-likeness (QED) is 0.906. The Morgan fingerprint density at radius 2 is 2.26 bits per heavy atom. The highest BCUT2D eigenvalue weighted by Crippen LogP contribution is 2.21. The molecule has 0 amide bonds. The van der Waals surface area contributed by atoms with Gasteiger partial charge in [-0.15, -0.1) is 11.3 Å². The molecule has 1 heterocycles. The Balaban J connectivity index is 2.02. The van der Waals surface area contributed by atoms with Gasteiger partial charge in [0.1, 0.15) is 11.8 Å². The zero-order chi connectivity index (χ0) is 13.7. The van der Waals surface area contributed by atoms with Gasteiger partial charge in [-0.05, 0) is 36.1 Å². The first-order valence-corrected chi connectivity index (χ1v) is 6.96. The number of methoxy groups -OCH3 is 1. The van der Waals surface area contributed by atoms with Crippen molar-refractivity contribution in [3.63, 3.8) is 0 Å². The van der Waals surface area contributed by atoms with Crippen LogP contribution in [0.5, 0.6) is 5.75 Å². The van der Waals surface area contributed by atoms with Gasteiger partial charge in [-0.25, -0.2) is 0 Å². The first-order valence-electron chi connectivity index (χ1n) is 6.08. The second-order valence-electron chi connectivity index (χ2n) is 4.26. The minimum Gasteiger partial charge on any atom is -0.495 e. The lowest BCUT2D eigenvalue weighted by Gasteiger charge is -2.12. The second kappa shape index (κ2) is 6.37. The first-order chi connectivity index (χ1) is 9.24. The Bertz CT molecular complexity index is 572. The molecule has 4 heteroatoms. The van der Waals surface area contributed by atoms with Crippen LogP contribution in [0.3, 0.4) is 0 Å². The van der Waals surface area contributed by atoms with Crippen molar-refractivity contribution in [2.75, 3.05) is 7.11 Å². The summed E-state index contributed by atoms with van der Waals surface area (Å²) in [4.78, 5) is 1.31. The van der Waals surface area contributed by atoms with Crippen LogP contribution in [-0.2, 0) is 6.54 Å². The van der Waals surface area contributed by atoms with Crippen molar-refractivity contribution < 1.29 is 4.74 Å². The summed E-state index contributed by atoms with van der Waals surface area (Å²) in [5, 5.41) is 14.6. The summed E-state index contributed by atoms with van der Waals surface area (Å²) in [5.41, 5.74) is 1.66. The molecule has 0 spiro atoms. The number of ether oxygens (including phenoxy) is 1. The molecule has 0 aliphatic rings. The fourth-order valence-electron chi connectivity index (χ4n) is 1.86. The Hall–Kier alpha value is -1.83. The second-order valence-corrected chi connectivity index (χ2v) is 5.24. The summed E-state index contributed by atoms with van der Waals surface area (Å²) >= 11 is 1.75. The standard InChI is InChI=1S/C15H16N2OS/c1-11(15-4-3-7-19-15)17-10-12-5-6-14(18-2)13(8-12)9-16/h3-8,11,17H,10H2,1-2H3/t11-/m1/s1. The molecule has 1 atom stereocenters. The maximum atomic E-state index is 9.05. The van der Waals surface area contributed by atoms with Crippen LogP contribution in [0.2, 0.25) is 0 Å². The molecule has 0 radical (unpaired) electrons. The molecule has 0 aliphatic heterocycles. The highest BCUT2D eigenvalue weighted by Gasteiger charge is 2.07. The molecule has 0 aliphatic carbocycles. The molecule has 98 valence electrons. The Morgan fingerprint density at radius 1 is 1.42 bits per heavy atom. The van der Waals surface area contributed by atoms with E-state index in [-0.39, 0.29) is 0 Å². The van der Waals surface area contributed by atoms with Crippen molar-refractivity contribution in [3.8, 4) is 11.8 Å². The molecule has 0 saturated carbocycles. The lowest BCUT2D eigenvalue weighted by Crippen LogP contribution is -2.17. The fourth-order valence-corrected chi connectivity index (χ4v) is 2.62. The van der Waals surface area contributed by atoms with Gasteiger partial charge in [0, 0.05) is 17.5 Å². The molecule has 2 aromatic rings. The van der Waals surface area contributed by atoms with Crippen LogP contribution >= 0.6 is 11.3 Å². The normalized spacial score (nSPS) is 11.8. The Labute approximate surface area is 117 Å². The lowest BCUT2D eigenvalue weighted by molar-refractivity contribution is 0.413. The number of benzene rings is 1. The summed E-state index contributed by atoms with van der Waals surface area (Å²) in [6.07, 6.45) is 0. The summed E-state index contributed by atoms with van der Waals surface area (Å²) in [6.45, 7) is 2.87. The molecule has 0 bridgehead atoms. The number of hydrogen-bond acceptors (Lipinski definition) is 4. The van der Waals surface area contributed by atoms with E-state index in [2.05, 4.69) is 35.8 Å². The van der Waals surface area contributed by atoms with Crippen LogP contribution in [0.15, 0.2) is 35.7 Å². The molecule has 1 aromatic carbocycles. The Morgan fingerprint density at radius 3 is 2.89 bits per heavy atom. The molecule has 3 nitrogen and oxygen atoms in total. The third-order valence-electron chi connectivity index (χ3n) is 2.97. The zero-order valence-corrected chi connectivity index (χ0v) is 11.8. The van der Waals surface area contributed by atoms with E-state index in [0.29, 0.717) is 17.4 Å². The monoisotopic (exact) mass is 272 g/mol. The summed E-state index contributed by atoms with van der Waals surface area (Å²) in [6, 6.07) is 12.3. The maximum absolute atomic E-state index is 9.05. The van der Waals surface area contributed by atoms with Crippen LogP contribution < -0.4 is 10.1 Å². The number of nitriles is 1. The average molecular weight is 272 g/mol. The van der Waals surface area contributed by atoms with Gasteiger partial charge < -0.3 is 10.1 Å². The Kier molecular flexibility index (Phi) is 4.56. The zero-order valence-electron chi connectivity index (χ0n) is 11.0. The molecule has 19 heavy (non-hydrogen) atoms. The van der Waals surface area contributed by atoms with Gasteiger partial charge in [-0.3, -0.25) is 0 Å². The van der Waals surface area contributed by atoms with Crippen molar-refractivity contribution >= 4 is 11.3 Å². The van der Waals surface area contributed by atoms with E-state index in [4.69, 9.17) is 10.00 Å². The topological polar surface area (TPSA) is 45.0 Å². The largest absolute Gasteiger partial charge is 0.495 e. The summed E-state index contributed by atoms with van der Waals surface area (Å²) < 4.78 is 5.13. The summed E-state index contributed by atoms with van der Waals surface area (Å²) in [7, 11) is 1.58. The lowest BCUT2D eigenvalue weighted by atomic mass is 10.1. The number of nitrogens with zero attached hydrogens (tertiary/aromatic N) is 1. The van der Waals surface area contributed by atoms with Crippen LogP contribution in [0.25, 0.3) is 0 Å². The van der Waals surface area contributed by atoms with E-state index in [1.54, 1.807) is 18.4 Å². The van der Waals surface area contributed by atoms with E-state index >= 15 is 0 Å². The van der Waals surface area contributed by atoms with Gasteiger partial charge in [0.25, 0.3) is 0 Å². The van der Waals surface area contributed by atoms with Gasteiger partial charge in [0.2, 0.25) is 0 Å². The smallest absolute Gasteiger partial charge is 0.136 e. The van der Waals surface area contributed by atoms with Crippen LogP contribution in [0, 0.1) is 11.3 Å². The maximum Gasteiger partial charge on any atom is 0.136 e. The summed E-state index contributed by atoms with van der Waals surface area (Å²) in [5.74, 6) is 0.623. The predicted molar refractivity (Wildman–Crippen MR) is 77.3 cm³/mol. The predicted octanol–water partition coefficient (Wildman–Crippen LogP) is 3.48. The molecule has 0 fully saturated rings. The van der Waals surface area contributed by atoms with E-state index in [9.17, 15) is 0 Å². The van der Waals surface area contributed by atoms with Gasteiger partial charge >= 0.3 is 0 Å². The van der Waals surface area contributed by atoms with E-state index < -0.39 is 0 Å². The number of thiophene rings is 1. The molecule has 1 aromatic heterocycles. The van der Waals surface area contributed by atoms with Crippen LogP contribution in [-0.4, -0.2) is 7.11 Å². The van der Waals surface area contributed by atoms with E-state index in [0.717, 1.165) is 12.1 Å². The number of hydrogen-bond donors (Lipinski definition) is 1. The van der Waals surface area contributed by atoms with Crippen LogP contribution in [0.1, 0.15) is 29.0 Å². The van der Waals surface area contributed by atoms with E-state index in [1.165, 1.54) is 4.88 Å². The molecular weight excluding hydrogens is 256 g/mol. The van der Waals surface area contributed by atoms with Gasteiger partial charge in [-0.2, -0.15) is 5.26 Å². The van der Waals surface area contributed by atoms with Crippen molar-refractivity contribution in [2.45, 2.75) is 19.5 Å². The van der Waals surface area contributed by atoms with Crippen molar-refractivity contribution in [3.05, 3.63) is 51.7 Å². The molecular formula is C15H16N2OS. The van der Waals surface area contributed by atoms with Crippen molar-refractivity contribution in [1.29, 1.82) is 5.26 Å². The van der Waals surface area contributed by atoms with Gasteiger partial charge in [0.15, 0.2) is 0 Å². The molecule has 0 saturated heterocycles. The average Bonchev–Trinajstić information content (AvgIpc) is 2.98. The van der Waals surface area contributed by atoms with Crippen LogP contribution in [0.4, 0.5) is 0 Å².